The van der Waals surface area contributed by atoms with Gasteiger partial charge in [-0.2, -0.15) is 0 Å². The SMILES string of the molecule is CCNC(CCN(C)C(C)CC(C)C)c1ccc(Cl)cc1. The van der Waals surface area contributed by atoms with Gasteiger partial charge in [-0.25, -0.2) is 0 Å². The second-order valence-corrected chi connectivity index (χ2v) is 6.85. The van der Waals surface area contributed by atoms with Gasteiger partial charge in [-0.05, 0) is 63.5 Å². The van der Waals surface area contributed by atoms with Crippen LogP contribution >= 0.6 is 11.6 Å². The first kappa shape index (κ1) is 18.5. The van der Waals surface area contributed by atoms with Crippen molar-refractivity contribution < 1.29 is 0 Å². The molecule has 0 radical (unpaired) electrons. The van der Waals surface area contributed by atoms with Crippen LogP contribution in [0.5, 0.6) is 0 Å². The van der Waals surface area contributed by atoms with Gasteiger partial charge in [0, 0.05) is 17.1 Å². The summed E-state index contributed by atoms with van der Waals surface area (Å²) < 4.78 is 0. The fourth-order valence-corrected chi connectivity index (χ4v) is 2.87. The average Bonchev–Trinajstić information content (AvgIpc) is 2.43. The van der Waals surface area contributed by atoms with Crippen LogP contribution in [0.2, 0.25) is 5.02 Å². The molecule has 0 aromatic heterocycles. The molecular weight excluding hydrogens is 280 g/mol. The van der Waals surface area contributed by atoms with E-state index in [0.717, 1.165) is 30.5 Å². The summed E-state index contributed by atoms with van der Waals surface area (Å²) in [5, 5.41) is 4.39. The molecule has 1 aromatic rings. The normalized spacial score (nSPS) is 14.7. The third-order valence-electron chi connectivity index (χ3n) is 4.06. The molecule has 0 aliphatic rings. The summed E-state index contributed by atoms with van der Waals surface area (Å²) in [7, 11) is 2.23. The van der Waals surface area contributed by atoms with Crippen molar-refractivity contribution in [3.8, 4) is 0 Å². The molecule has 0 spiro atoms. The van der Waals surface area contributed by atoms with Crippen LogP contribution < -0.4 is 5.32 Å². The molecule has 1 aromatic carbocycles. The van der Waals surface area contributed by atoms with E-state index in [1.165, 1.54) is 12.0 Å². The van der Waals surface area contributed by atoms with Crippen LogP contribution in [0.3, 0.4) is 0 Å². The van der Waals surface area contributed by atoms with E-state index in [1.54, 1.807) is 0 Å². The summed E-state index contributed by atoms with van der Waals surface area (Å²) in [5.74, 6) is 0.753. The topological polar surface area (TPSA) is 15.3 Å². The van der Waals surface area contributed by atoms with E-state index in [9.17, 15) is 0 Å². The maximum absolute atomic E-state index is 5.98. The van der Waals surface area contributed by atoms with Gasteiger partial charge in [-0.3, -0.25) is 0 Å². The van der Waals surface area contributed by atoms with Crippen molar-refractivity contribution in [1.82, 2.24) is 10.2 Å². The minimum absolute atomic E-state index is 0.404. The Labute approximate surface area is 135 Å². The molecule has 2 atom stereocenters. The van der Waals surface area contributed by atoms with E-state index in [4.69, 9.17) is 11.6 Å². The second-order valence-electron chi connectivity index (χ2n) is 6.41. The van der Waals surface area contributed by atoms with E-state index < -0.39 is 0 Å². The summed E-state index contributed by atoms with van der Waals surface area (Å²) in [5.41, 5.74) is 1.33. The molecule has 0 bridgehead atoms. The molecule has 21 heavy (non-hydrogen) atoms. The molecule has 0 aliphatic heterocycles. The van der Waals surface area contributed by atoms with Gasteiger partial charge >= 0.3 is 0 Å². The van der Waals surface area contributed by atoms with Crippen molar-refractivity contribution in [1.29, 1.82) is 0 Å². The molecule has 0 fully saturated rings. The summed E-state index contributed by atoms with van der Waals surface area (Å²) in [6.45, 7) is 11.2. The molecule has 0 saturated carbocycles. The molecule has 1 rings (SSSR count). The summed E-state index contributed by atoms with van der Waals surface area (Å²) in [6, 6.07) is 9.26. The molecule has 2 nitrogen and oxygen atoms in total. The lowest BCUT2D eigenvalue weighted by atomic mass is 10.0. The molecule has 2 unspecified atom stereocenters. The number of hydrogen-bond acceptors (Lipinski definition) is 2. The van der Waals surface area contributed by atoms with Gasteiger partial charge in [0.25, 0.3) is 0 Å². The van der Waals surface area contributed by atoms with E-state index in [1.807, 2.05) is 12.1 Å². The van der Waals surface area contributed by atoms with Crippen LogP contribution in [0.1, 0.15) is 52.1 Å². The predicted octanol–water partition coefficient (Wildman–Crippen LogP) is 4.75. The molecule has 0 saturated heterocycles. The van der Waals surface area contributed by atoms with Crippen molar-refractivity contribution >= 4 is 11.6 Å². The molecule has 3 heteroatoms. The van der Waals surface area contributed by atoms with Crippen molar-refractivity contribution in [2.45, 2.75) is 52.6 Å². The van der Waals surface area contributed by atoms with Gasteiger partial charge in [0.05, 0.1) is 0 Å². The lowest BCUT2D eigenvalue weighted by Crippen LogP contribution is -2.33. The minimum Gasteiger partial charge on any atom is -0.310 e. The molecule has 120 valence electrons. The molecule has 0 aliphatic carbocycles. The number of rotatable bonds is 9. The smallest absolute Gasteiger partial charge is 0.0406 e. The highest BCUT2D eigenvalue weighted by molar-refractivity contribution is 6.30. The minimum atomic E-state index is 0.404. The zero-order valence-corrected chi connectivity index (χ0v) is 15.0. The molecule has 0 heterocycles. The molecule has 0 amide bonds. The first-order valence-corrected chi connectivity index (χ1v) is 8.50. The van der Waals surface area contributed by atoms with Gasteiger partial charge in [0.2, 0.25) is 0 Å². The zero-order chi connectivity index (χ0) is 15.8. The van der Waals surface area contributed by atoms with Crippen molar-refractivity contribution in [2.24, 2.45) is 5.92 Å². The number of nitrogens with one attached hydrogen (secondary N) is 1. The monoisotopic (exact) mass is 310 g/mol. The average molecular weight is 311 g/mol. The maximum atomic E-state index is 5.98. The van der Waals surface area contributed by atoms with Crippen molar-refractivity contribution in [3.05, 3.63) is 34.9 Å². The van der Waals surface area contributed by atoms with Gasteiger partial charge in [-0.15, -0.1) is 0 Å². The Morgan fingerprint density at radius 1 is 1.14 bits per heavy atom. The lowest BCUT2D eigenvalue weighted by Gasteiger charge is -2.28. The first-order chi connectivity index (χ1) is 9.93. The van der Waals surface area contributed by atoms with Gasteiger partial charge in [0.1, 0.15) is 0 Å². The predicted molar refractivity (Wildman–Crippen MR) is 94.0 cm³/mol. The van der Waals surface area contributed by atoms with E-state index in [0.29, 0.717) is 12.1 Å². The quantitative estimate of drug-likeness (QED) is 0.708. The third-order valence-corrected chi connectivity index (χ3v) is 4.31. The largest absolute Gasteiger partial charge is 0.310 e. The lowest BCUT2D eigenvalue weighted by molar-refractivity contribution is 0.217. The van der Waals surface area contributed by atoms with Crippen molar-refractivity contribution in [2.75, 3.05) is 20.1 Å². The summed E-state index contributed by atoms with van der Waals surface area (Å²) in [6.07, 6.45) is 2.37. The Hall–Kier alpha value is -0.570. The standard InChI is InChI=1S/C18H31ClN2/c1-6-20-18(16-7-9-17(19)10-8-16)11-12-21(5)15(4)13-14(2)3/h7-10,14-15,18,20H,6,11-13H2,1-5H3. The van der Waals surface area contributed by atoms with Crippen molar-refractivity contribution in [3.63, 3.8) is 0 Å². The van der Waals surface area contributed by atoms with E-state index >= 15 is 0 Å². The Bertz CT molecular complexity index is 389. The van der Waals surface area contributed by atoms with E-state index in [-0.39, 0.29) is 0 Å². The first-order valence-electron chi connectivity index (χ1n) is 8.13. The van der Waals surface area contributed by atoms with Crippen LogP contribution in [0.4, 0.5) is 0 Å². The Kier molecular flexibility index (Phi) is 8.31. The summed E-state index contributed by atoms with van der Waals surface area (Å²) >= 11 is 5.98. The Morgan fingerprint density at radius 2 is 1.76 bits per heavy atom. The number of benzene rings is 1. The second kappa shape index (κ2) is 9.45. The van der Waals surface area contributed by atoms with Crippen LogP contribution in [-0.4, -0.2) is 31.1 Å². The number of nitrogens with zero attached hydrogens (tertiary/aromatic N) is 1. The van der Waals surface area contributed by atoms with Gasteiger partial charge in [-0.1, -0.05) is 44.5 Å². The number of hydrogen-bond donors (Lipinski definition) is 1. The zero-order valence-electron chi connectivity index (χ0n) is 14.2. The highest BCUT2D eigenvalue weighted by atomic mass is 35.5. The Morgan fingerprint density at radius 3 is 2.29 bits per heavy atom. The molecular formula is C18H31ClN2. The van der Waals surface area contributed by atoms with E-state index in [2.05, 4.69) is 57.1 Å². The fourth-order valence-electron chi connectivity index (χ4n) is 2.74. The highest BCUT2D eigenvalue weighted by Crippen LogP contribution is 2.20. The van der Waals surface area contributed by atoms with Gasteiger partial charge in [0.15, 0.2) is 0 Å². The maximum Gasteiger partial charge on any atom is 0.0406 e. The number of halogens is 1. The van der Waals surface area contributed by atoms with Crippen LogP contribution in [0.25, 0.3) is 0 Å². The third kappa shape index (κ3) is 6.82. The fraction of sp³-hybridized carbons (Fsp3) is 0.667. The van der Waals surface area contributed by atoms with Crippen LogP contribution in [-0.2, 0) is 0 Å². The molecule has 1 N–H and O–H groups in total. The summed E-state index contributed by atoms with van der Waals surface area (Å²) in [4.78, 5) is 2.47. The van der Waals surface area contributed by atoms with Crippen LogP contribution in [0.15, 0.2) is 24.3 Å². The Balaban J connectivity index is 2.56. The van der Waals surface area contributed by atoms with Gasteiger partial charge < -0.3 is 10.2 Å². The van der Waals surface area contributed by atoms with Crippen LogP contribution in [0, 0.1) is 5.92 Å². The highest BCUT2D eigenvalue weighted by Gasteiger charge is 2.15.